The summed E-state index contributed by atoms with van der Waals surface area (Å²) >= 11 is 0. The maximum absolute atomic E-state index is 10.9. The van der Waals surface area contributed by atoms with E-state index in [0.29, 0.717) is 19.3 Å². The average molecular weight is 512 g/mol. The Morgan fingerprint density at radius 2 is 0.972 bits per heavy atom. The summed E-state index contributed by atoms with van der Waals surface area (Å²) in [4.78, 5) is 32.7. The van der Waals surface area contributed by atoms with Crippen LogP contribution in [-0.4, -0.2) is 58.8 Å². The van der Waals surface area contributed by atoms with Gasteiger partial charge in [0.25, 0.3) is 0 Å². The number of aliphatic carboxylic acids is 3. The predicted octanol–water partition coefficient (Wildman–Crippen LogP) is 5.71. The standard InChI is InChI=1S/C29H53NO6/c1-2-3-4-5-6-7-8-9-10-11-12-16-23-30(24-17-13-20-27(31)32,25-18-14-21-28(33)34)26-19-15-22-29(35)36/h9-10H,2-8,11-26H2,1H3,(H2-,31,32,33,34,35,36)/b10-9+. The molecule has 0 bridgehead atoms. The first-order chi connectivity index (χ1) is 17.3. The van der Waals surface area contributed by atoms with Crippen molar-refractivity contribution in [3.8, 4) is 0 Å². The van der Waals surface area contributed by atoms with Crippen molar-refractivity contribution in [1.29, 1.82) is 0 Å². The van der Waals surface area contributed by atoms with Crippen LogP contribution in [0, 0.1) is 0 Å². The van der Waals surface area contributed by atoms with E-state index < -0.39 is 17.9 Å². The molecule has 0 fully saturated rings. The molecule has 0 unspecified atom stereocenters. The molecule has 210 valence electrons. The highest BCUT2D eigenvalue weighted by Gasteiger charge is 2.26. The molecule has 2 N–H and O–H groups in total. The molecule has 0 aliphatic rings. The van der Waals surface area contributed by atoms with Crippen LogP contribution in [0.2, 0.25) is 0 Å². The van der Waals surface area contributed by atoms with E-state index in [4.69, 9.17) is 10.2 Å². The second-order valence-corrected chi connectivity index (χ2v) is 10.3. The van der Waals surface area contributed by atoms with Gasteiger partial charge in [0.1, 0.15) is 0 Å². The van der Waals surface area contributed by atoms with Gasteiger partial charge in [-0.15, -0.1) is 0 Å². The normalized spacial score (nSPS) is 11.8. The van der Waals surface area contributed by atoms with E-state index in [9.17, 15) is 19.5 Å². The number of hydrogen-bond donors (Lipinski definition) is 2. The number of carboxylic acids is 3. The van der Waals surface area contributed by atoms with Gasteiger partial charge < -0.3 is 24.6 Å². The minimum Gasteiger partial charge on any atom is -0.550 e. The molecule has 0 saturated carbocycles. The number of allylic oxidation sites excluding steroid dienone is 2. The number of quaternary nitrogens is 1. The molecule has 0 aliphatic carbocycles. The summed E-state index contributed by atoms with van der Waals surface area (Å²) in [5.74, 6) is -2.59. The Morgan fingerprint density at radius 3 is 1.42 bits per heavy atom. The van der Waals surface area contributed by atoms with Crippen LogP contribution in [0.25, 0.3) is 0 Å². The topological polar surface area (TPSA) is 115 Å². The van der Waals surface area contributed by atoms with Crippen LogP contribution in [0.5, 0.6) is 0 Å². The van der Waals surface area contributed by atoms with Gasteiger partial charge in [-0.05, 0) is 77.0 Å². The molecule has 0 amide bonds. The van der Waals surface area contributed by atoms with E-state index in [0.717, 1.165) is 75.6 Å². The second-order valence-electron chi connectivity index (χ2n) is 10.3. The van der Waals surface area contributed by atoms with E-state index in [1.54, 1.807) is 0 Å². The Morgan fingerprint density at radius 1 is 0.583 bits per heavy atom. The number of hydrogen-bond acceptors (Lipinski definition) is 4. The molecule has 0 saturated heterocycles. The highest BCUT2D eigenvalue weighted by molar-refractivity contribution is 5.66. The van der Waals surface area contributed by atoms with Crippen LogP contribution in [-0.2, 0) is 14.4 Å². The molecule has 7 heteroatoms. The number of carbonyl (C=O) groups is 3. The van der Waals surface area contributed by atoms with Gasteiger partial charge in [-0.25, -0.2) is 0 Å². The molecule has 0 spiro atoms. The minimum atomic E-state index is -1.02. The van der Waals surface area contributed by atoms with Gasteiger partial charge in [-0.2, -0.15) is 0 Å². The Balaban J connectivity index is 4.72. The van der Waals surface area contributed by atoms with E-state index in [1.165, 1.54) is 38.5 Å². The van der Waals surface area contributed by atoms with Crippen molar-refractivity contribution in [3.63, 3.8) is 0 Å². The van der Waals surface area contributed by atoms with Crippen LogP contribution >= 0.6 is 0 Å². The van der Waals surface area contributed by atoms with Gasteiger partial charge >= 0.3 is 11.9 Å². The molecule has 0 aromatic heterocycles. The second kappa shape index (κ2) is 23.5. The first-order valence-corrected chi connectivity index (χ1v) is 14.4. The summed E-state index contributed by atoms with van der Waals surface area (Å²) < 4.78 is 0.827. The largest absolute Gasteiger partial charge is 0.550 e. The molecule has 7 nitrogen and oxygen atoms in total. The van der Waals surface area contributed by atoms with Gasteiger partial charge in [-0.1, -0.05) is 51.2 Å². The first kappa shape index (κ1) is 34.1. The molecule has 0 heterocycles. The highest BCUT2D eigenvalue weighted by Crippen LogP contribution is 2.19. The quantitative estimate of drug-likeness (QED) is 0.0829. The number of carboxylic acid groups (broad SMARTS) is 3. The Labute approximate surface area is 219 Å². The van der Waals surface area contributed by atoms with Crippen molar-refractivity contribution >= 4 is 17.9 Å². The van der Waals surface area contributed by atoms with E-state index in [-0.39, 0.29) is 19.3 Å². The van der Waals surface area contributed by atoms with Crippen LogP contribution in [0.15, 0.2) is 12.2 Å². The number of carbonyl (C=O) groups excluding carboxylic acids is 1. The van der Waals surface area contributed by atoms with Crippen LogP contribution in [0.3, 0.4) is 0 Å². The van der Waals surface area contributed by atoms with Gasteiger partial charge in [0.15, 0.2) is 0 Å². The molecular formula is C29H53NO6. The zero-order chi connectivity index (χ0) is 26.9. The van der Waals surface area contributed by atoms with Crippen LogP contribution in [0.1, 0.15) is 129 Å². The fraction of sp³-hybridized carbons (Fsp3) is 0.828. The summed E-state index contributed by atoms with van der Waals surface area (Å²) in [5, 5.41) is 28.8. The number of unbranched alkanes of at least 4 members (excludes halogenated alkanes) is 11. The summed E-state index contributed by atoms with van der Waals surface area (Å²) in [6.07, 6.45) is 21.4. The first-order valence-electron chi connectivity index (χ1n) is 14.4. The summed E-state index contributed by atoms with van der Waals surface area (Å²) in [6.45, 7) is 5.78. The van der Waals surface area contributed by atoms with Crippen molar-refractivity contribution in [3.05, 3.63) is 12.2 Å². The Hall–Kier alpha value is -1.89. The summed E-state index contributed by atoms with van der Waals surface area (Å²) in [6, 6.07) is 0. The molecule has 36 heavy (non-hydrogen) atoms. The molecule has 0 aromatic carbocycles. The Bertz CT molecular complexity index is 550. The lowest BCUT2D eigenvalue weighted by molar-refractivity contribution is -0.929. The maximum atomic E-state index is 10.9. The van der Waals surface area contributed by atoms with Crippen molar-refractivity contribution in [2.75, 3.05) is 26.2 Å². The predicted molar refractivity (Wildman–Crippen MR) is 143 cm³/mol. The SMILES string of the molecule is CCCCCCCC/C=C/CCCC[N+](CCCCC(=O)[O-])(CCCCC(=O)O)CCCCC(=O)O. The van der Waals surface area contributed by atoms with E-state index in [1.807, 2.05) is 0 Å². The monoisotopic (exact) mass is 511 g/mol. The third kappa shape index (κ3) is 22.6. The highest BCUT2D eigenvalue weighted by atomic mass is 16.4. The molecule has 0 aromatic rings. The number of nitrogens with zero attached hydrogens (tertiary/aromatic N) is 1. The van der Waals surface area contributed by atoms with Gasteiger partial charge in [0.05, 0.1) is 26.2 Å². The third-order valence-electron chi connectivity index (χ3n) is 6.95. The fourth-order valence-electron chi connectivity index (χ4n) is 4.82. The summed E-state index contributed by atoms with van der Waals surface area (Å²) in [7, 11) is 0. The molecule has 0 rings (SSSR count). The fourth-order valence-corrected chi connectivity index (χ4v) is 4.82. The lowest BCUT2D eigenvalue weighted by Gasteiger charge is -2.39. The molecular weight excluding hydrogens is 458 g/mol. The lowest BCUT2D eigenvalue weighted by atomic mass is 10.1. The van der Waals surface area contributed by atoms with Crippen LogP contribution in [0.4, 0.5) is 0 Å². The average Bonchev–Trinajstić information content (AvgIpc) is 2.82. The maximum Gasteiger partial charge on any atom is 0.303 e. The third-order valence-corrected chi connectivity index (χ3v) is 6.95. The lowest BCUT2D eigenvalue weighted by Crippen LogP contribution is -2.51. The number of rotatable bonds is 27. The van der Waals surface area contributed by atoms with Crippen molar-refractivity contribution in [2.24, 2.45) is 0 Å². The van der Waals surface area contributed by atoms with Crippen molar-refractivity contribution in [1.82, 2.24) is 0 Å². The minimum absolute atomic E-state index is 0.0570. The van der Waals surface area contributed by atoms with E-state index >= 15 is 0 Å². The molecule has 0 atom stereocenters. The van der Waals surface area contributed by atoms with E-state index in [2.05, 4.69) is 19.1 Å². The van der Waals surface area contributed by atoms with Gasteiger partial charge in [-0.3, -0.25) is 9.59 Å². The molecule has 0 aliphatic heterocycles. The van der Waals surface area contributed by atoms with Crippen LogP contribution < -0.4 is 5.11 Å². The Kier molecular flexibility index (Phi) is 22.3. The zero-order valence-corrected chi connectivity index (χ0v) is 22.9. The zero-order valence-electron chi connectivity index (χ0n) is 22.9. The van der Waals surface area contributed by atoms with Gasteiger partial charge in [0.2, 0.25) is 0 Å². The van der Waals surface area contributed by atoms with Crippen molar-refractivity contribution < 1.29 is 34.2 Å². The smallest absolute Gasteiger partial charge is 0.303 e. The molecule has 0 radical (unpaired) electrons. The van der Waals surface area contributed by atoms with Gasteiger partial charge in [0, 0.05) is 18.8 Å². The summed E-state index contributed by atoms with van der Waals surface area (Å²) in [5.41, 5.74) is 0. The van der Waals surface area contributed by atoms with Crippen molar-refractivity contribution in [2.45, 2.75) is 129 Å².